The Morgan fingerprint density at radius 3 is 0.622 bits per heavy atom. The summed E-state index contributed by atoms with van der Waals surface area (Å²) in [5.41, 5.74) is 11.5. The monoisotopic (exact) mass is 1270 g/mol. The zero-order valence-electron chi connectivity index (χ0n) is 54.5. The molecule has 12 nitrogen and oxygen atoms in total. The second-order valence-corrected chi connectivity index (χ2v) is 35.3. The molecule has 2 heterocycles. The summed E-state index contributed by atoms with van der Waals surface area (Å²) in [7, 11) is 0. The number of amides is 2. The third-order valence-corrected chi connectivity index (χ3v) is 30.4. The van der Waals surface area contributed by atoms with Crippen molar-refractivity contribution >= 4 is 271 Å². The van der Waals surface area contributed by atoms with E-state index in [1.807, 2.05) is 41.5 Å². The number of likely N-dealkylation sites (tertiary alicyclic amines) is 2. The Morgan fingerprint density at radius 1 is 0.265 bits per heavy atom. The van der Waals surface area contributed by atoms with Crippen molar-refractivity contribution in [2.24, 2.45) is 0 Å². The van der Waals surface area contributed by atoms with Gasteiger partial charge in [-0.1, -0.05) is 0 Å². The molecule has 34 rings (SSSR count). The smallest absolute Gasteiger partial charge is 0.407 e. The molecule has 10 aliphatic rings. The van der Waals surface area contributed by atoms with Crippen LogP contribution < -0.4 is 10.6 Å². The Morgan fingerprint density at radius 2 is 0.429 bits per heavy atom. The number of rotatable bonds is 18. The van der Waals surface area contributed by atoms with Crippen molar-refractivity contribution in [1.82, 2.24) is 20.4 Å². The molecule has 98 heavy (non-hydrogen) atoms. The molecule has 24 aromatic carbocycles. The Hall–Kier alpha value is -8.98. The molecule has 4 atom stereocenters. The van der Waals surface area contributed by atoms with Gasteiger partial charge in [-0.3, -0.25) is 9.80 Å². The van der Waals surface area contributed by atoms with Crippen molar-refractivity contribution in [3.8, 4) is 0 Å². The summed E-state index contributed by atoms with van der Waals surface area (Å²) in [5, 5.41) is 84.5. The molecule has 0 saturated carbocycles. The lowest BCUT2D eigenvalue weighted by Crippen LogP contribution is -2.51. The first-order valence-corrected chi connectivity index (χ1v) is 36.6. The van der Waals surface area contributed by atoms with Gasteiger partial charge in [-0.2, -0.15) is 0 Å². The number of carbonyl (C=O) groups excluding carboxylic acids is 2. The molecule has 2 N–H and O–H groups in total. The van der Waals surface area contributed by atoms with E-state index in [9.17, 15) is 9.59 Å². The molecule has 0 bridgehead atoms. The number of nitrogens with zero attached hydrogens (tertiary/aromatic N) is 2. The lowest BCUT2D eigenvalue weighted by molar-refractivity contribution is 0.0352. The van der Waals surface area contributed by atoms with Crippen LogP contribution in [0.25, 0.3) is 259 Å². The number of hydrogen-bond acceptors (Lipinski definition) is 10. The zero-order valence-corrected chi connectivity index (χ0v) is 54.5. The Kier molecular flexibility index (Phi) is 6.00. The standard InChI is InChI=1S/C86H52N4O8/c1-81(2,3)97-79(91)87-7-11-93-15-17-95-13-9-89-19-83-71-55-44-33-26-27-31-24-23-28-25-29(24)40-49-38(31)45-34(27)36-35(33)46-43-47(36)58-56(45)72-60(49)62-51(40)42-32(25)41-50-39(28)48(37(44)30(23)26)59(71)61(50)73-63-52(41)53(42)64-68-67(63)77(85(73,83)21-89)69-65(75(83)57(46)55)54(43)66-70(69)78(68)86(74(62)64)22-90(20-84(72,86)76(58)66)10-14-96-18-16-94-12-8-88-80(92)98-82(4,5)6/h7-22H2,1-6H3,(H,87,91)(H,88,92). The molecule has 24 aromatic rings. The minimum atomic E-state index is -0.548. The van der Waals surface area contributed by atoms with E-state index in [0.29, 0.717) is 65.9 Å². The molecule has 464 valence electrons. The van der Waals surface area contributed by atoms with Crippen LogP contribution in [0.4, 0.5) is 9.59 Å². The molecule has 12 heteroatoms. The van der Waals surface area contributed by atoms with Crippen LogP contribution in [0.5, 0.6) is 0 Å². The highest BCUT2D eigenvalue weighted by atomic mass is 16.6. The normalized spacial score (nSPS) is 24.1. The summed E-state index contributed by atoms with van der Waals surface area (Å²) in [6.07, 6.45) is -0.835. The predicted molar refractivity (Wildman–Crippen MR) is 392 cm³/mol. The number of carbonyl (C=O) groups is 2. The zero-order chi connectivity index (χ0) is 62.6. The number of alkyl carbamates (subject to hydrolysis) is 2. The van der Waals surface area contributed by atoms with Crippen LogP contribution in [0.2, 0.25) is 0 Å². The van der Waals surface area contributed by atoms with Gasteiger partial charge in [0.2, 0.25) is 0 Å². The van der Waals surface area contributed by atoms with Gasteiger partial charge in [0.05, 0.1) is 74.5 Å². The molecule has 2 saturated heterocycles. The van der Waals surface area contributed by atoms with Crippen molar-refractivity contribution in [3.05, 3.63) is 44.5 Å². The van der Waals surface area contributed by atoms with Gasteiger partial charge in [0.25, 0.3) is 0 Å². The molecule has 4 unspecified atom stereocenters. The van der Waals surface area contributed by atoms with Crippen LogP contribution >= 0.6 is 0 Å². The van der Waals surface area contributed by atoms with Crippen molar-refractivity contribution in [2.75, 3.05) is 105 Å². The van der Waals surface area contributed by atoms with Crippen LogP contribution in [0.3, 0.4) is 0 Å². The van der Waals surface area contributed by atoms with Gasteiger partial charge in [0, 0.05) is 52.4 Å². The summed E-state index contributed by atoms with van der Waals surface area (Å²) in [6, 6.07) is 0. The summed E-state index contributed by atoms with van der Waals surface area (Å²) >= 11 is 0. The quantitative estimate of drug-likeness (QED) is 0.0635. The minimum Gasteiger partial charge on any atom is -0.444 e. The van der Waals surface area contributed by atoms with Crippen molar-refractivity contribution in [2.45, 2.75) is 74.4 Å². The lowest BCUT2D eigenvalue weighted by atomic mass is 9.49. The molecule has 0 radical (unpaired) electrons. The van der Waals surface area contributed by atoms with Crippen LogP contribution in [-0.2, 0) is 50.1 Å². The highest BCUT2D eigenvalue weighted by Gasteiger charge is 2.77. The van der Waals surface area contributed by atoms with E-state index >= 15 is 0 Å². The minimum absolute atomic E-state index is 0.312. The molecule has 0 aromatic heterocycles. The van der Waals surface area contributed by atoms with Gasteiger partial charge in [0.1, 0.15) is 11.2 Å². The summed E-state index contributed by atoms with van der Waals surface area (Å²) in [4.78, 5) is 30.7. The first kappa shape index (κ1) is 47.1. The van der Waals surface area contributed by atoms with Crippen molar-refractivity contribution in [1.29, 1.82) is 0 Å². The van der Waals surface area contributed by atoms with Gasteiger partial charge >= 0.3 is 12.2 Å². The molecule has 4 spiro atoms. The topological polar surface area (TPSA) is 120 Å². The summed E-state index contributed by atoms with van der Waals surface area (Å²) < 4.78 is 36.6. The molecular formula is C86H52N4O8. The Balaban J connectivity index is 0.685. The largest absolute Gasteiger partial charge is 0.444 e. The Bertz CT molecular complexity index is 7630. The average Bonchev–Trinajstić information content (AvgIpc) is 1.37. The first-order valence-electron chi connectivity index (χ1n) is 36.6. The number of hydrogen-bond donors (Lipinski definition) is 2. The summed E-state index contributed by atoms with van der Waals surface area (Å²) in [5.74, 6) is 0. The fourth-order valence-electron chi connectivity index (χ4n) is 29.7. The first-order chi connectivity index (χ1) is 47.8. The highest BCUT2D eigenvalue weighted by molar-refractivity contribution is 6.78. The maximum Gasteiger partial charge on any atom is 0.407 e. The SMILES string of the molecule is CC(C)(C)OC(=O)NCCOCCOCCN1CC23c4c5c6c7c8c4c4c2c2c9c%10c%11c%12c(c5c5c6c6c%13c%14c%15c%16c%17c(c8c8c4c4c2c2c9c9c%11c%11c%18c%12c5c%13c%18c5c%14c%12c%16c%13c%17c8c4c4c2c2c9c%11c5c%12c2c%134)C72CN(CCOCCOCCNC(=O)OC(C)(C)C)CC6%152)C%103C1. The van der Waals surface area contributed by atoms with Gasteiger partial charge in [-0.25, -0.2) is 9.59 Å². The van der Waals surface area contributed by atoms with Gasteiger partial charge < -0.3 is 39.1 Å². The lowest BCUT2D eigenvalue weighted by Gasteiger charge is -2.51. The van der Waals surface area contributed by atoms with Crippen molar-refractivity contribution < 1.29 is 38.0 Å². The van der Waals surface area contributed by atoms with Crippen molar-refractivity contribution in [3.63, 3.8) is 0 Å². The molecule has 8 aliphatic carbocycles. The van der Waals surface area contributed by atoms with Gasteiger partial charge in [-0.15, -0.1) is 0 Å². The second-order valence-electron chi connectivity index (χ2n) is 35.3. The number of ether oxygens (including phenoxy) is 6. The third-order valence-electron chi connectivity index (χ3n) is 30.4. The van der Waals surface area contributed by atoms with E-state index in [2.05, 4.69) is 20.4 Å². The molecular weight excluding hydrogens is 1220 g/mol. The maximum absolute atomic E-state index is 12.4. The molecule has 2 amide bonds. The van der Waals surface area contributed by atoms with E-state index in [1.165, 1.54) is 0 Å². The van der Waals surface area contributed by atoms with Crippen LogP contribution in [0.1, 0.15) is 86.1 Å². The fraction of sp³-hybridized carbons (Fsp3) is 0.326. The van der Waals surface area contributed by atoms with Crippen LogP contribution in [0.15, 0.2) is 0 Å². The second kappa shape index (κ2) is 12.5. The van der Waals surface area contributed by atoms with E-state index in [4.69, 9.17) is 28.4 Å². The van der Waals surface area contributed by atoms with Gasteiger partial charge in [0.15, 0.2) is 0 Å². The predicted octanol–water partition coefficient (Wildman–Crippen LogP) is 16.6. The number of benzene rings is 16. The summed E-state index contributed by atoms with van der Waals surface area (Å²) in [6.45, 7) is 21.7. The Labute approximate surface area is 550 Å². The van der Waals surface area contributed by atoms with E-state index in [0.717, 1.165) is 39.3 Å². The fourth-order valence-corrected chi connectivity index (χ4v) is 29.7. The van der Waals surface area contributed by atoms with Crippen LogP contribution in [-0.4, -0.2) is 138 Å². The maximum atomic E-state index is 12.4. The molecule has 2 fully saturated rings. The average molecular weight is 1270 g/mol. The third kappa shape index (κ3) is 3.47. The van der Waals surface area contributed by atoms with E-state index < -0.39 is 23.4 Å². The number of nitrogens with one attached hydrogen (secondary N) is 2. The van der Waals surface area contributed by atoms with E-state index in [1.54, 1.807) is 303 Å². The van der Waals surface area contributed by atoms with Gasteiger partial charge in [-0.05, 0) is 345 Å². The van der Waals surface area contributed by atoms with Crippen LogP contribution in [0, 0.1) is 0 Å². The highest BCUT2D eigenvalue weighted by Crippen LogP contribution is 2.88. The van der Waals surface area contributed by atoms with E-state index in [-0.39, 0.29) is 21.7 Å². The molecule has 2 aliphatic heterocycles.